The summed E-state index contributed by atoms with van der Waals surface area (Å²) < 4.78 is 27.9. The summed E-state index contributed by atoms with van der Waals surface area (Å²) in [6.07, 6.45) is 1.97. The second kappa shape index (κ2) is 7.50. The number of anilines is 1. The number of nitrogens with zero attached hydrogens (tertiary/aromatic N) is 1. The van der Waals surface area contributed by atoms with E-state index in [0.29, 0.717) is 17.2 Å². The Morgan fingerprint density at radius 2 is 1.77 bits per heavy atom. The summed E-state index contributed by atoms with van der Waals surface area (Å²) in [7, 11) is -3.75. The van der Waals surface area contributed by atoms with Crippen LogP contribution >= 0.6 is 0 Å². The van der Waals surface area contributed by atoms with Crippen molar-refractivity contribution in [3.63, 3.8) is 0 Å². The van der Waals surface area contributed by atoms with Crippen molar-refractivity contribution in [3.05, 3.63) is 59.7 Å². The molecule has 6 heteroatoms. The molecule has 5 nitrogen and oxygen atoms in total. The van der Waals surface area contributed by atoms with E-state index in [4.69, 9.17) is 0 Å². The summed E-state index contributed by atoms with van der Waals surface area (Å²) in [4.78, 5) is 14.6. The van der Waals surface area contributed by atoms with E-state index in [1.54, 1.807) is 35.2 Å². The molecule has 0 unspecified atom stereocenters. The molecular formula is C20H24N2O3S. The number of likely N-dealkylation sites (tertiary alicyclic amines) is 1. The van der Waals surface area contributed by atoms with Gasteiger partial charge in [0.2, 0.25) is 0 Å². The molecule has 0 aliphatic carbocycles. The normalized spacial score (nSPS) is 15.7. The van der Waals surface area contributed by atoms with Gasteiger partial charge in [-0.2, -0.15) is 0 Å². The molecular weight excluding hydrogens is 348 g/mol. The molecule has 138 valence electrons. The van der Waals surface area contributed by atoms with Crippen LogP contribution in [0.2, 0.25) is 0 Å². The highest BCUT2D eigenvalue weighted by molar-refractivity contribution is 7.92. The van der Waals surface area contributed by atoms with Gasteiger partial charge in [0.15, 0.2) is 0 Å². The first kappa shape index (κ1) is 18.5. The summed E-state index contributed by atoms with van der Waals surface area (Å²) in [5.41, 5.74) is 1.88. The van der Waals surface area contributed by atoms with Crippen LogP contribution in [0.3, 0.4) is 0 Å². The number of hydrogen-bond acceptors (Lipinski definition) is 3. The molecule has 0 saturated carbocycles. The van der Waals surface area contributed by atoms with Crippen molar-refractivity contribution in [2.24, 2.45) is 5.92 Å². The molecule has 1 saturated heterocycles. The fourth-order valence-corrected chi connectivity index (χ4v) is 4.21. The highest BCUT2D eigenvalue weighted by atomic mass is 32.2. The zero-order chi connectivity index (χ0) is 18.7. The van der Waals surface area contributed by atoms with Crippen LogP contribution in [0.5, 0.6) is 0 Å². The average Bonchev–Trinajstić information content (AvgIpc) is 2.61. The van der Waals surface area contributed by atoms with E-state index in [1.165, 1.54) is 12.1 Å². The number of rotatable bonds is 4. The predicted molar refractivity (Wildman–Crippen MR) is 103 cm³/mol. The summed E-state index contributed by atoms with van der Waals surface area (Å²) in [6, 6.07) is 13.4. The summed E-state index contributed by atoms with van der Waals surface area (Å²) in [6.45, 7) is 5.53. The first-order valence-electron chi connectivity index (χ1n) is 8.84. The molecule has 0 radical (unpaired) electrons. The van der Waals surface area contributed by atoms with Crippen molar-refractivity contribution in [2.45, 2.75) is 31.6 Å². The first-order chi connectivity index (χ1) is 12.3. The van der Waals surface area contributed by atoms with Crippen molar-refractivity contribution in [2.75, 3.05) is 17.8 Å². The van der Waals surface area contributed by atoms with Crippen molar-refractivity contribution in [3.8, 4) is 0 Å². The fraction of sp³-hybridized carbons (Fsp3) is 0.350. The molecule has 1 amide bonds. The lowest BCUT2D eigenvalue weighted by molar-refractivity contribution is 0.0697. The second-order valence-electron chi connectivity index (χ2n) is 6.98. The average molecular weight is 372 g/mol. The number of carbonyl (C=O) groups excluding carboxylic acids is 1. The van der Waals surface area contributed by atoms with Crippen molar-refractivity contribution >= 4 is 21.6 Å². The lowest BCUT2D eigenvalue weighted by Crippen LogP contribution is -2.37. The van der Waals surface area contributed by atoms with Crippen LogP contribution in [0.25, 0.3) is 0 Å². The highest BCUT2D eigenvalue weighted by Crippen LogP contribution is 2.21. The lowest BCUT2D eigenvalue weighted by Gasteiger charge is -2.30. The predicted octanol–water partition coefficient (Wildman–Crippen LogP) is 3.67. The van der Waals surface area contributed by atoms with Gasteiger partial charge >= 0.3 is 0 Å². The van der Waals surface area contributed by atoms with Gasteiger partial charge in [-0.1, -0.05) is 25.1 Å². The Kier molecular flexibility index (Phi) is 5.32. The van der Waals surface area contributed by atoms with E-state index in [2.05, 4.69) is 11.6 Å². The van der Waals surface area contributed by atoms with Gasteiger partial charge in [0, 0.05) is 24.3 Å². The topological polar surface area (TPSA) is 66.5 Å². The number of carbonyl (C=O) groups is 1. The third-order valence-corrected chi connectivity index (χ3v) is 6.11. The molecule has 26 heavy (non-hydrogen) atoms. The molecule has 0 atom stereocenters. The number of sulfonamides is 1. The Bertz CT molecular complexity index is 901. The van der Waals surface area contributed by atoms with Gasteiger partial charge in [-0.25, -0.2) is 8.42 Å². The molecule has 1 aliphatic rings. The van der Waals surface area contributed by atoms with E-state index in [1.807, 2.05) is 13.0 Å². The molecule has 2 aromatic carbocycles. The number of nitrogens with one attached hydrogen (secondary N) is 1. The van der Waals surface area contributed by atoms with Gasteiger partial charge in [-0.3, -0.25) is 9.52 Å². The van der Waals surface area contributed by atoms with Crippen LogP contribution in [-0.4, -0.2) is 32.3 Å². The van der Waals surface area contributed by atoms with Gasteiger partial charge in [-0.05, 0) is 61.6 Å². The quantitative estimate of drug-likeness (QED) is 0.890. The van der Waals surface area contributed by atoms with Crippen LogP contribution in [-0.2, 0) is 10.0 Å². The molecule has 1 fully saturated rings. The minimum absolute atomic E-state index is 0.0928. The Morgan fingerprint density at radius 1 is 1.08 bits per heavy atom. The fourth-order valence-electron chi connectivity index (χ4n) is 3.11. The molecule has 2 aromatic rings. The lowest BCUT2D eigenvalue weighted by atomic mass is 9.98. The number of piperidine rings is 1. The maximum atomic E-state index is 12.7. The molecule has 0 aromatic heterocycles. The van der Waals surface area contributed by atoms with E-state index >= 15 is 0 Å². The SMILES string of the molecule is Cc1cccc(NS(=O)(=O)c2cccc(C(=O)N3CCC(C)CC3)c2)c1. The van der Waals surface area contributed by atoms with E-state index in [9.17, 15) is 13.2 Å². The van der Waals surface area contributed by atoms with Gasteiger partial charge in [0.25, 0.3) is 15.9 Å². The third kappa shape index (κ3) is 4.25. The molecule has 1 N–H and O–H groups in total. The summed E-state index contributed by atoms with van der Waals surface area (Å²) in [5.74, 6) is 0.522. The summed E-state index contributed by atoms with van der Waals surface area (Å²) >= 11 is 0. The number of benzene rings is 2. The molecule has 1 heterocycles. The van der Waals surface area contributed by atoms with E-state index in [0.717, 1.165) is 31.5 Å². The molecule has 3 rings (SSSR count). The molecule has 0 bridgehead atoms. The molecule has 0 spiro atoms. The Balaban J connectivity index is 1.81. The van der Waals surface area contributed by atoms with Gasteiger partial charge in [-0.15, -0.1) is 0 Å². The van der Waals surface area contributed by atoms with Crippen LogP contribution in [0, 0.1) is 12.8 Å². The number of hydrogen-bond donors (Lipinski definition) is 1. The van der Waals surface area contributed by atoms with Crippen LogP contribution in [0.1, 0.15) is 35.7 Å². The monoisotopic (exact) mass is 372 g/mol. The zero-order valence-electron chi connectivity index (χ0n) is 15.1. The second-order valence-corrected chi connectivity index (χ2v) is 8.66. The van der Waals surface area contributed by atoms with Gasteiger partial charge in [0.1, 0.15) is 0 Å². The number of amides is 1. The molecule has 1 aliphatic heterocycles. The van der Waals surface area contributed by atoms with Crippen LogP contribution < -0.4 is 4.72 Å². The van der Waals surface area contributed by atoms with Crippen molar-refractivity contribution < 1.29 is 13.2 Å². The largest absolute Gasteiger partial charge is 0.339 e. The maximum absolute atomic E-state index is 12.7. The van der Waals surface area contributed by atoms with Crippen LogP contribution in [0.15, 0.2) is 53.4 Å². The van der Waals surface area contributed by atoms with Crippen molar-refractivity contribution in [1.29, 1.82) is 0 Å². The van der Waals surface area contributed by atoms with Gasteiger partial charge < -0.3 is 4.90 Å². The van der Waals surface area contributed by atoms with Crippen molar-refractivity contribution in [1.82, 2.24) is 4.90 Å². The minimum Gasteiger partial charge on any atom is -0.339 e. The maximum Gasteiger partial charge on any atom is 0.261 e. The highest BCUT2D eigenvalue weighted by Gasteiger charge is 2.23. The van der Waals surface area contributed by atoms with E-state index in [-0.39, 0.29) is 10.8 Å². The Labute approximate surface area is 155 Å². The smallest absolute Gasteiger partial charge is 0.261 e. The van der Waals surface area contributed by atoms with Crippen LogP contribution in [0.4, 0.5) is 5.69 Å². The van der Waals surface area contributed by atoms with Gasteiger partial charge in [0.05, 0.1) is 4.90 Å². The first-order valence-corrected chi connectivity index (χ1v) is 10.3. The minimum atomic E-state index is -3.75. The third-order valence-electron chi connectivity index (χ3n) is 4.73. The summed E-state index contributed by atoms with van der Waals surface area (Å²) in [5, 5.41) is 0. The Morgan fingerprint density at radius 3 is 2.46 bits per heavy atom. The number of aryl methyl sites for hydroxylation is 1. The standard InChI is InChI=1S/C20H24N2O3S/c1-15-9-11-22(12-10-15)20(23)17-6-4-8-19(14-17)26(24,25)21-18-7-3-5-16(2)13-18/h3-8,13-15,21H,9-12H2,1-2H3. The zero-order valence-corrected chi connectivity index (χ0v) is 15.9. The van der Waals surface area contributed by atoms with E-state index < -0.39 is 10.0 Å². The Hall–Kier alpha value is -2.34.